The third kappa shape index (κ3) is 4.21. The van der Waals surface area contributed by atoms with Crippen molar-refractivity contribution in [1.29, 1.82) is 0 Å². The lowest BCUT2D eigenvalue weighted by molar-refractivity contribution is -0.117. The van der Waals surface area contributed by atoms with Gasteiger partial charge >= 0.3 is 0 Å². The second-order valence-corrected chi connectivity index (χ2v) is 7.17. The van der Waals surface area contributed by atoms with Gasteiger partial charge in [-0.2, -0.15) is 0 Å². The predicted molar refractivity (Wildman–Crippen MR) is 103 cm³/mol. The van der Waals surface area contributed by atoms with Crippen molar-refractivity contribution in [3.05, 3.63) is 25.0 Å². The maximum atomic E-state index is 10.7. The Hall–Kier alpha value is -2.80. The van der Waals surface area contributed by atoms with Crippen molar-refractivity contribution in [3.8, 4) is 0 Å². The lowest BCUT2D eigenvalue weighted by Gasteiger charge is -2.17. The number of fused-ring (bicyclic) bond motifs is 1. The average Bonchev–Trinajstić information content (AvgIpc) is 3.44. The number of nitrogens with one attached hydrogen (secondary N) is 1. The van der Waals surface area contributed by atoms with Gasteiger partial charge in [0.15, 0.2) is 23.2 Å². The lowest BCUT2D eigenvalue weighted by atomic mass is 10.1. The highest BCUT2D eigenvalue weighted by Gasteiger charge is 2.44. The zero-order chi connectivity index (χ0) is 21.1. The highest BCUT2D eigenvalue weighted by molar-refractivity contribution is 5.82. The Bertz CT molecular complexity index is 914. The van der Waals surface area contributed by atoms with Crippen LogP contribution >= 0.6 is 0 Å². The first-order valence-electron chi connectivity index (χ1n) is 9.63. The zero-order valence-corrected chi connectivity index (χ0v) is 16.1. The zero-order valence-electron chi connectivity index (χ0n) is 16.1. The van der Waals surface area contributed by atoms with Crippen molar-refractivity contribution >= 4 is 22.9 Å². The first-order chi connectivity index (χ1) is 14.5. The van der Waals surface area contributed by atoms with E-state index in [0.29, 0.717) is 30.2 Å². The average molecular weight is 420 g/mol. The number of nitrogens with zero attached hydrogens (tertiary/aromatic N) is 4. The number of nitrogens with two attached hydrogens (primary N) is 1. The number of rotatable bonds is 8. The van der Waals surface area contributed by atoms with E-state index in [0.717, 1.165) is 6.42 Å². The number of carbonyl (C=O) groups excluding carboxylic acids is 1. The molecular weight excluding hydrogens is 396 g/mol. The van der Waals surface area contributed by atoms with Gasteiger partial charge in [0.2, 0.25) is 5.91 Å². The number of aromatic nitrogens is 4. The van der Waals surface area contributed by atoms with Gasteiger partial charge in [-0.25, -0.2) is 15.0 Å². The van der Waals surface area contributed by atoms with E-state index >= 15 is 0 Å². The van der Waals surface area contributed by atoms with Crippen LogP contribution in [0.3, 0.4) is 0 Å². The molecule has 162 valence electrons. The molecule has 2 aliphatic rings. The molecule has 4 heterocycles. The summed E-state index contributed by atoms with van der Waals surface area (Å²) in [5.41, 5.74) is 6.03. The van der Waals surface area contributed by atoms with Gasteiger partial charge < -0.3 is 35.5 Å². The summed E-state index contributed by atoms with van der Waals surface area (Å²) < 4.78 is 18.0. The van der Waals surface area contributed by atoms with Gasteiger partial charge in [-0.1, -0.05) is 0 Å². The minimum absolute atomic E-state index is 0.0138. The molecule has 12 nitrogen and oxygen atoms in total. The summed E-state index contributed by atoms with van der Waals surface area (Å²) in [5, 5.41) is 24.1. The van der Waals surface area contributed by atoms with E-state index in [4.69, 9.17) is 19.9 Å². The number of imidazole rings is 1. The summed E-state index contributed by atoms with van der Waals surface area (Å²) >= 11 is 0. The van der Waals surface area contributed by atoms with E-state index in [9.17, 15) is 15.0 Å². The number of ether oxygens (including phenoxy) is 3. The summed E-state index contributed by atoms with van der Waals surface area (Å²) in [6, 6.07) is 0.146. The summed E-state index contributed by atoms with van der Waals surface area (Å²) in [6.45, 7) is 1.28. The fourth-order valence-electron chi connectivity index (χ4n) is 3.46. The van der Waals surface area contributed by atoms with E-state index in [2.05, 4.69) is 20.3 Å². The molecule has 4 rings (SSSR count). The SMILES string of the molecule is NC(=O)CC=COC[C@H]1O[C@@H](n2cnc3c(N[C@@H]4CCOC4)ncnc32)[C@H](O)[C@H]1O. The van der Waals surface area contributed by atoms with Crippen LogP contribution < -0.4 is 11.1 Å². The molecule has 0 aromatic carbocycles. The second kappa shape index (κ2) is 8.92. The summed E-state index contributed by atoms with van der Waals surface area (Å²) in [5.74, 6) is 0.0903. The van der Waals surface area contributed by atoms with Crippen LogP contribution in [-0.2, 0) is 19.0 Å². The standard InChI is InChI=1S/C18H24N6O6/c19-12(25)2-1-4-28-7-11-14(26)15(27)18(30-11)24-9-22-13-16(20-8-21-17(13)24)23-10-3-5-29-6-10/h1,4,8-11,14-15,18,26-27H,2-3,5-7H2,(H2,19,25)(H,20,21,23)/t10-,11-,14+,15-,18-/m1/s1. The van der Waals surface area contributed by atoms with Crippen LogP contribution in [-0.4, -0.2) is 79.8 Å². The van der Waals surface area contributed by atoms with Crippen LogP contribution in [0.25, 0.3) is 11.2 Å². The molecule has 0 saturated carbocycles. The van der Waals surface area contributed by atoms with E-state index in [1.165, 1.54) is 25.0 Å². The summed E-state index contributed by atoms with van der Waals surface area (Å²) in [7, 11) is 0. The maximum absolute atomic E-state index is 10.7. The number of anilines is 1. The summed E-state index contributed by atoms with van der Waals surface area (Å²) in [6.07, 6.45) is 2.52. The normalized spacial score (nSPS) is 29.1. The number of hydrogen-bond donors (Lipinski definition) is 4. The molecule has 0 bridgehead atoms. The molecule has 5 atom stereocenters. The summed E-state index contributed by atoms with van der Waals surface area (Å²) in [4.78, 5) is 23.6. The Morgan fingerprint density at radius 1 is 1.37 bits per heavy atom. The minimum Gasteiger partial charge on any atom is -0.499 e. The first kappa shape index (κ1) is 20.5. The number of aliphatic hydroxyl groups is 2. The van der Waals surface area contributed by atoms with E-state index in [1.807, 2.05) is 0 Å². The Labute approximate surface area is 171 Å². The van der Waals surface area contributed by atoms with Gasteiger partial charge in [-0.3, -0.25) is 9.36 Å². The number of aliphatic hydroxyl groups excluding tert-OH is 2. The van der Waals surface area contributed by atoms with Crippen molar-refractivity contribution in [3.63, 3.8) is 0 Å². The van der Waals surface area contributed by atoms with Gasteiger partial charge in [0.05, 0.1) is 25.2 Å². The van der Waals surface area contributed by atoms with Crippen molar-refractivity contribution < 1.29 is 29.2 Å². The van der Waals surface area contributed by atoms with Crippen molar-refractivity contribution in [2.45, 2.75) is 43.4 Å². The minimum atomic E-state index is -1.21. The van der Waals surface area contributed by atoms with Crippen LogP contribution in [0.5, 0.6) is 0 Å². The molecule has 12 heteroatoms. The fraction of sp³-hybridized carbons (Fsp3) is 0.556. The quantitative estimate of drug-likeness (QED) is 0.391. The van der Waals surface area contributed by atoms with E-state index in [1.54, 1.807) is 4.57 Å². The Morgan fingerprint density at radius 2 is 2.23 bits per heavy atom. The molecule has 0 radical (unpaired) electrons. The maximum Gasteiger partial charge on any atom is 0.221 e. The van der Waals surface area contributed by atoms with Gasteiger partial charge in [0.1, 0.15) is 31.2 Å². The Morgan fingerprint density at radius 3 is 3.00 bits per heavy atom. The third-order valence-electron chi connectivity index (χ3n) is 5.01. The lowest BCUT2D eigenvalue weighted by Crippen LogP contribution is -2.33. The monoisotopic (exact) mass is 420 g/mol. The Balaban J connectivity index is 1.46. The predicted octanol–water partition coefficient (Wildman–Crippen LogP) is -0.948. The molecule has 0 unspecified atom stereocenters. The molecule has 30 heavy (non-hydrogen) atoms. The highest BCUT2D eigenvalue weighted by Crippen LogP contribution is 2.32. The first-order valence-corrected chi connectivity index (χ1v) is 9.63. The molecule has 0 aliphatic carbocycles. The number of amides is 1. The van der Waals surface area contributed by atoms with Gasteiger partial charge in [0.25, 0.3) is 0 Å². The molecule has 2 aromatic rings. The Kier molecular flexibility index (Phi) is 6.08. The molecular formula is C18H24N6O6. The number of primary amides is 1. The van der Waals surface area contributed by atoms with E-state index in [-0.39, 0.29) is 19.1 Å². The van der Waals surface area contributed by atoms with Gasteiger partial charge in [-0.05, 0) is 12.5 Å². The van der Waals surface area contributed by atoms with Crippen molar-refractivity contribution in [2.24, 2.45) is 5.73 Å². The molecule has 2 fully saturated rings. The van der Waals surface area contributed by atoms with Crippen molar-refractivity contribution in [1.82, 2.24) is 19.5 Å². The van der Waals surface area contributed by atoms with Crippen molar-refractivity contribution in [2.75, 3.05) is 25.1 Å². The van der Waals surface area contributed by atoms with Crippen LogP contribution in [0.1, 0.15) is 19.1 Å². The third-order valence-corrected chi connectivity index (χ3v) is 5.01. The van der Waals surface area contributed by atoms with Gasteiger partial charge in [-0.15, -0.1) is 0 Å². The second-order valence-electron chi connectivity index (χ2n) is 7.17. The van der Waals surface area contributed by atoms with E-state index < -0.39 is 30.4 Å². The number of carbonyl (C=O) groups is 1. The van der Waals surface area contributed by atoms with Crippen LogP contribution in [0.2, 0.25) is 0 Å². The smallest absolute Gasteiger partial charge is 0.221 e. The molecule has 2 aliphatic heterocycles. The van der Waals surface area contributed by atoms with Crippen LogP contribution in [0.15, 0.2) is 25.0 Å². The number of hydrogen-bond acceptors (Lipinski definition) is 10. The molecule has 2 saturated heterocycles. The largest absolute Gasteiger partial charge is 0.499 e. The molecule has 1 amide bonds. The molecule has 5 N–H and O–H groups in total. The molecule has 0 spiro atoms. The molecule has 2 aromatic heterocycles. The highest BCUT2D eigenvalue weighted by atomic mass is 16.6. The topological polar surface area (TPSA) is 167 Å². The fourth-order valence-corrected chi connectivity index (χ4v) is 3.46. The van der Waals surface area contributed by atoms with Crippen LogP contribution in [0, 0.1) is 0 Å². The van der Waals surface area contributed by atoms with Gasteiger partial charge in [0, 0.05) is 13.0 Å². The van der Waals surface area contributed by atoms with Crippen LogP contribution in [0.4, 0.5) is 5.82 Å².